The van der Waals surface area contributed by atoms with Gasteiger partial charge >= 0.3 is 0 Å². The molecular formula is C22H27N6O+. The zero-order valence-corrected chi connectivity index (χ0v) is 17.2. The molecule has 1 saturated heterocycles. The van der Waals surface area contributed by atoms with Crippen molar-refractivity contribution < 1.29 is 9.69 Å². The molecule has 0 atom stereocenters. The molecule has 1 aromatic carbocycles. The molecule has 1 aliphatic rings. The average molecular weight is 391 g/mol. The minimum atomic E-state index is 0.00461. The summed E-state index contributed by atoms with van der Waals surface area (Å²) in [5.41, 5.74) is 2.37. The molecule has 0 radical (unpaired) electrons. The molecule has 1 fully saturated rings. The van der Waals surface area contributed by atoms with Gasteiger partial charge < -0.3 is 9.80 Å². The predicted octanol–water partition coefficient (Wildman–Crippen LogP) is 1.57. The van der Waals surface area contributed by atoms with Crippen LogP contribution in [0, 0.1) is 6.92 Å². The molecule has 0 unspecified atom stereocenters. The van der Waals surface area contributed by atoms with Gasteiger partial charge in [-0.2, -0.15) is 5.10 Å². The van der Waals surface area contributed by atoms with Crippen molar-refractivity contribution in [2.45, 2.75) is 20.8 Å². The fourth-order valence-corrected chi connectivity index (χ4v) is 3.80. The van der Waals surface area contributed by atoms with Crippen LogP contribution in [0.1, 0.15) is 29.9 Å². The second-order valence-corrected chi connectivity index (χ2v) is 7.48. The van der Waals surface area contributed by atoms with E-state index in [4.69, 9.17) is 9.97 Å². The van der Waals surface area contributed by atoms with Crippen LogP contribution < -0.4 is 9.80 Å². The Morgan fingerprint density at radius 3 is 2.41 bits per heavy atom. The van der Waals surface area contributed by atoms with Gasteiger partial charge in [0, 0.05) is 11.6 Å². The summed E-state index contributed by atoms with van der Waals surface area (Å²) in [6.07, 6.45) is 1.62. The summed E-state index contributed by atoms with van der Waals surface area (Å²) in [5, 5.41) is 4.44. The number of carbonyl (C=O) groups is 1. The first kappa shape index (κ1) is 19.3. The van der Waals surface area contributed by atoms with Crippen molar-refractivity contribution in [3.05, 3.63) is 53.9 Å². The zero-order valence-electron chi connectivity index (χ0n) is 17.2. The maximum atomic E-state index is 11.9. The largest absolute Gasteiger partial charge is 0.345 e. The third-order valence-corrected chi connectivity index (χ3v) is 5.63. The van der Waals surface area contributed by atoms with E-state index in [-0.39, 0.29) is 5.78 Å². The van der Waals surface area contributed by atoms with E-state index in [1.54, 1.807) is 22.7 Å². The number of quaternary nitrogens is 1. The molecule has 0 bridgehead atoms. The predicted molar refractivity (Wildman–Crippen MR) is 113 cm³/mol. The van der Waals surface area contributed by atoms with Crippen molar-refractivity contribution in [1.29, 1.82) is 0 Å². The summed E-state index contributed by atoms with van der Waals surface area (Å²) in [6, 6.07) is 12.0. The molecule has 2 aromatic heterocycles. The van der Waals surface area contributed by atoms with Crippen molar-refractivity contribution in [3.8, 4) is 17.2 Å². The lowest BCUT2D eigenvalue weighted by Crippen LogP contribution is -3.14. The van der Waals surface area contributed by atoms with Gasteiger partial charge in [-0.3, -0.25) is 4.79 Å². The highest BCUT2D eigenvalue weighted by atomic mass is 16.1. The number of carbonyl (C=O) groups excluding carboxylic acids is 1. The zero-order chi connectivity index (χ0) is 20.4. The molecule has 4 rings (SSSR count). The van der Waals surface area contributed by atoms with Crippen molar-refractivity contribution in [2.75, 3.05) is 37.6 Å². The number of nitrogens with one attached hydrogen (secondary N) is 1. The first-order chi connectivity index (χ1) is 14.1. The Balaban J connectivity index is 1.78. The van der Waals surface area contributed by atoms with Gasteiger partial charge in [-0.15, -0.1) is 0 Å². The molecule has 3 heterocycles. The molecule has 29 heavy (non-hydrogen) atoms. The molecule has 7 heteroatoms. The molecule has 1 aliphatic heterocycles. The van der Waals surface area contributed by atoms with Gasteiger partial charge in [-0.25, -0.2) is 14.6 Å². The van der Waals surface area contributed by atoms with Gasteiger partial charge in [-0.1, -0.05) is 30.3 Å². The molecule has 3 aromatic rings. The molecule has 0 saturated carbocycles. The van der Waals surface area contributed by atoms with Crippen LogP contribution in [0.4, 0.5) is 5.82 Å². The Hall–Kier alpha value is -3.06. The Labute approximate surface area is 171 Å². The average Bonchev–Trinajstić information content (AvgIpc) is 3.16. The molecule has 7 nitrogen and oxygen atoms in total. The van der Waals surface area contributed by atoms with E-state index < -0.39 is 0 Å². The fraction of sp³-hybridized carbons (Fsp3) is 0.364. The van der Waals surface area contributed by atoms with Crippen molar-refractivity contribution in [2.24, 2.45) is 0 Å². The SMILES string of the molecule is CC[NH+]1CCN(c2cc(-n3ncc(C(C)=O)c3C)nc(-c3ccccc3)n2)CC1. The summed E-state index contributed by atoms with van der Waals surface area (Å²) in [7, 11) is 0. The Kier molecular flexibility index (Phi) is 5.40. The lowest BCUT2D eigenvalue weighted by Gasteiger charge is -2.32. The van der Waals surface area contributed by atoms with E-state index in [0.717, 1.165) is 49.8 Å². The summed E-state index contributed by atoms with van der Waals surface area (Å²) in [5.74, 6) is 2.26. The number of likely N-dealkylation sites (N-methyl/N-ethyl adjacent to an activating group) is 1. The number of aromatic nitrogens is 4. The Morgan fingerprint density at radius 2 is 1.79 bits per heavy atom. The third-order valence-electron chi connectivity index (χ3n) is 5.63. The number of piperazine rings is 1. The van der Waals surface area contributed by atoms with E-state index in [2.05, 4.69) is 16.9 Å². The van der Waals surface area contributed by atoms with E-state index in [1.165, 1.54) is 0 Å². The van der Waals surface area contributed by atoms with Crippen LogP contribution in [0.2, 0.25) is 0 Å². The van der Waals surface area contributed by atoms with Gasteiger partial charge in [-0.05, 0) is 20.8 Å². The van der Waals surface area contributed by atoms with Gasteiger partial charge in [0.2, 0.25) is 0 Å². The number of hydrogen-bond donors (Lipinski definition) is 1. The number of anilines is 1. The molecular weight excluding hydrogens is 364 g/mol. The quantitative estimate of drug-likeness (QED) is 0.669. The highest BCUT2D eigenvalue weighted by Gasteiger charge is 2.22. The van der Waals surface area contributed by atoms with Crippen LogP contribution in [0.5, 0.6) is 0 Å². The number of hydrogen-bond acceptors (Lipinski definition) is 5. The first-order valence-electron chi connectivity index (χ1n) is 10.2. The Bertz CT molecular complexity index is 1010. The van der Waals surface area contributed by atoms with Crippen molar-refractivity contribution in [3.63, 3.8) is 0 Å². The molecule has 0 amide bonds. The molecule has 1 N–H and O–H groups in total. The standard InChI is InChI=1S/C22H26N6O/c1-4-26-10-12-27(13-11-26)20-14-21(28-16(2)19(15-23-28)17(3)29)25-22(24-20)18-8-6-5-7-9-18/h5-9,14-15H,4,10-13H2,1-3H3/p+1. The summed E-state index contributed by atoms with van der Waals surface area (Å²) < 4.78 is 1.74. The normalized spacial score (nSPS) is 14.9. The van der Waals surface area contributed by atoms with Crippen LogP contribution >= 0.6 is 0 Å². The third kappa shape index (κ3) is 3.91. The minimum absolute atomic E-state index is 0.00461. The van der Waals surface area contributed by atoms with E-state index in [1.807, 2.05) is 43.3 Å². The van der Waals surface area contributed by atoms with Gasteiger partial charge in [0.15, 0.2) is 17.4 Å². The van der Waals surface area contributed by atoms with Crippen molar-refractivity contribution in [1.82, 2.24) is 19.7 Å². The lowest BCUT2D eigenvalue weighted by atomic mass is 10.2. The van der Waals surface area contributed by atoms with E-state index in [0.29, 0.717) is 17.2 Å². The summed E-state index contributed by atoms with van der Waals surface area (Å²) >= 11 is 0. The Morgan fingerprint density at radius 1 is 1.10 bits per heavy atom. The van der Waals surface area contributed by atoms with E-state index in [9.17, 15) is 4.79 Å². The van der Waals surface area contributed by atoms with Crippen LogP contribution in [0.25, 0.3) is 17.2 Å². The molecule has 150 valence electrons. The van der Waals surface area contributed by atoms with Gasteiger partial charge in [0.05, 0.1) is 50.2 Å². The monoisotopic (exact) mass is 391 g/mol. The second kappa shape index (κ2) is 8.13. The lowest BCUT2D eigenvalue weighted by molar-refractivity contribution is -0.898. The highest BCUT2D eigenvalue weighted by molar-refractivity contribution is 5.95. The van der Waals surface area contributed by atoms with Crippen LogP contribution in [0.3, 0.4) is 0 Å². The molecule has 0 spiro atoms. The van der Waals surface area contributed by atoms with Crippen molar-refractivity contribution >= 4 is 11.6 Å². The maximum Gasteiger partial charge on any atom is 0.163 e. The number of benzene rings is 1. The van der Waals surface area contributed by atoms with Gasteiger partial charge in [0.25, 0.3) is 0 Å². The van der Waals surface area contributed by atoms with Gasteiger partial charge in [0.1, 0.15) is 5.82 Å². The van der Waals surface area contributed by atoms with Crippen LogP contribution in [0.15, 0.2) is 42.6 Å². The topological polar surface area (TPSA) is 68.3 Å². The first-order valence-corrected chi connectivity index (χ1v) is 10.2. The second-order valence-electron chi connectivity index (χ2n) is 7.48. The summed E-state index contributed by atoms with van der Waals surface area (Å²) in [6.45, 7) is 11.0. The minimum Gasteiger partial charge on any atom is -0.345 e. The smallest absolute Gasteiger partial charge is 0.163 e. The maximum absolute atomic E-state index is 11.9. The number of Topliss-reactive ketones (excluding diaryl/α,β-unsaturated/α-hetero) is 1. The number of nitrogens with zero attached hydrogens (tertiary/aromatic N) is 5. The van der Waals surface area contributed by atoms with E-state index >= 15 is 0 Å². The number of rotatable bonds is 5. The highest BCUT2D eigenvalue weighted by Crippen LogP contribution is 2.23. The molecule has 0 aliphatic carbocycles. The van der Waals surface area contributed by atoms with Crippen LogP contribution in [-0.2, 0) is 0 Å². The fourth-order valence-electron chi connectivity index (χ4n) is 3.80. The van der Waals surface area contributed by atoms with Crippen LogP contribution in [-0.4, -0.2) is 58.3 Å². The summed E-state index contributed by atoms with van der Waals surface area (Å²) in [4.78, 5) is 25.5. The number of ketones is 1.